The first-order chi connectivity index (χ1) is 30.5. The number of nitrogens with one attached hydrogen (secondary N) is 1. The second-order valence-corrected chi connectivity index (χ2v) is 16.8. The molecule has 3 unspecified atom stereocenters. The van der Waals surface area contributed by atoms with Crippen LogP contribution in [0.3, 0.4) is 0 Å². The van der Waals surface area contributed by atoms with Gasteiger partial charge in [-0.25, -0.2) is 0 Å². The largest absolute Gasteiger partial charge is 0.462 e. The van der Waals surface area contributed by atoms with Crippen molar-refractivity contribution >= 4 is 11.9 Å². The molecule has 0 aromatic carbocycles. The summed E-state index contributed by atoms with van der Waals surface area (Å²) in [4.78, 5) is 26.1. The van der Waals surface area contributed by atoms with E-state index in [9.17, 15) is 19.8 Å². The summed E-state index contributed by atoms with van der Waals surface area (Å²) in [5, 5.41) is 23.7. The molecule has 0 spiro atoms. The van der Waals surface area contributed by atoms with E-state index < -0.39 is 18.2 Å². The van der Waals surface area contributed by atoms with E-state index >= 15 is 0 Å². The number of aliphatic hydroxyl groups excluding tert-OH is 2. The Morgan fingerprint density at radius 1 is 0.484 bits per heavy atom. The zero-order chi connectivity index (χ0) is 45.2. The summed E-state index contributed by atoms with van der Waals surface area (Å²) in [5.74, 6) is -0.596. The molecule has 354 valence electrons. The number of hydrogen-bond donors (Lipinski definition) is 3. The van der Waals surface area contributed by atoms with Gasteiger partial charge in [0.25, 0.3) is 0 Å². The lowest BCUT2D eigenvalue weighted by Gasteiger charge is -2.24. The Morgan fingerprint density at radius 3 is 1.32 bits per heavy atom. The predicted octanol–water partition coefficient (Wildman–Crippen LogP) is 15.3. The van der Waals surface area contributed by atoms with E-state index in [1.165, 1.54) is 57.8 Å². The first-order valence-corrected chi connectivity index (χ1v) is 25.5. The zero-order valence-electron chi connectivity index (χ0n) is 40.2. The lowest BCUT2D eigenvalue weighted by molar-refractivity contribution is -0.150. The predicted molar refractivity (Wildman–Crippen MR) is 268 cm³/mol. The topological polar surface area (TPSA) is 95.9 Å². The minimum absolute atomic E-state index is 0.0325. The maximum Gasteiger partial charge on any atom is 0.306 e. The Bertz CT molecular complexity index is 1240. The summed E-state index contributed by atoms with van der Waals surface area (Å²) in [5.41, 5.74) is 0. The number of allylic oxidation sites excluding steroid dienone is 16. The SMILES string of the molecule is CC/C=C\C/C=C\C/C=C\C/C=C\C/C=C\C/C=C\CCC(=O)OC(CCCCCCC/C=C/C/C=C/CC)CC(=O)NC(CO)C(O)CCCCCCCCCCCCCC. The van der Waals surface area contributed by atoms with Crippen molar-refractivity contribution in [2.24, 2.45) is 0 Å². The van der Waals surface area contributed by atoms with Crippen LogP contribution >= 0.6 is 0 Å². The molecule has 0 aliphatic heterocycles. The van der Waals surface area contributed by atoms with Crippen molar-refractivity contribution in [2.45, 2.75) is 238 Å². The standard InChI is InChI=1S/C56H95NO5/c1-4-7-10-13-16-19-22-25-26-27-28-29-30-31-34-37-40-43-46-49-56(61)62-52(47-44-41-38-35-32-23-20-17-14-11-8-5-2)50-55(60)57-53(51-58)54(59)48-45-42-39-36-33-24-21-18-15-12-9-6-3/h7-8,10-11,16-17,19-20,25-26,28-29,31,34,40,43,52-54,58-59H,4-6,9,12-15,18,21-24,27,30,32-33,35-39,41-42,44-51H2,1-3H3,(H,57,60)/b10-7-,11-8+,19-16-,20-17+,26-25-,29-28-,34-31-,43-40-. The van der Waals surface area contributed by atoms with E-state index in [2.05, 4.69) is 117 Å². The molecule has 6 nitrogen and oxygen atoms in total. The highest BCUT2D eigenvalue weighted by atomic mass is 16.5. The molecule has 1 amide bonds. The van der Waals surface area contributed by atoms with Crippen molar-refractivity contribution in [1.29, 1.82) is 0 Å². The highest BCUT2D eigenvalue weighted by molar-refractivity contribution is 5.77. The van der Waals surface area contributed by atoms with Gasteiger partial charge in [-0.15, -0.1) is 0 Å². The van der Waals surface area contributed by atoms with Gasteiger partial charge in [0.2, 0.25) is 5.91 Å². The van der Waals surface area contributed by atoms with E-state index in [-0.39, 0.29) is 31.3 Å². The molecule has 0 heterocycles. The van der Waals surface area contributed by atoms with E-state index in [0.29, 0.717) is 19.3 Å². The summed E-state index contributed by atoms with van der Waals surface area (Å²) in [6.45, 7) is 6.23. The van der Waals surface area contributed by atoms with Gasteiger partial charge in [-0.3, -0.25) is 9.59 Å². The third-order valence-electron chi connectivity index (χ3n) is 10.9. The number of unbranched alkanes of at least 4 members (excludes halogenated alkanes) is 16. The van der Waals surface area contributed by atoms with Crippen LogP contribution in [0.1, 0.15) is 220 Å². The molecule has 3 atom stereocenters. The van der Waals surface area contributed by atoms with Crippen LogP contribution in [0.25, 0.3) is 0 Å². The smallest absolute Gasteiger partial charge is 0.306 e. The average molecular weight is 862 g/mol. The monoisotopic (exact) mass is 862 g/mol. The van der Waals surface area contributed by atoms with E-state index in [4.69, 9.17) is 4.74 Å². The Morgan fingerprint density at radius 2 is 0.871 bits per heavy atom. The molecule has 0 saturated carbocycles. The van der Waals surface area contributed by atoms with E-state index in [0.717, 1.165) is 109 Å². The normalized spacial score (nSPS) is 14.1. The minimum atomic E-state index is -0.808. The summed E-state index contributed by atoms with van der Waals surface area (Å²) in [7, 11) is 0. The van der Waals surface area contributed by atoms with Crippen molar-refractivity contribution in [2.75, 3.05) is 6.61 Å². The molecule has 0 bridgehead atoms. The van der Waals surface area contributed by atoms with Crippen molar-refractivity contribution < 1.29 is 24.5 Å². The average Bonchev–Trinajstić information content (AvgIpc) is 3.26. The van der Waals surface area contributed by atoms with Gasteiger partial charge >= 0.3 is 5.97 Å². The number of amides is 1. The highest BCUT2D eigenvalue weighted by Crippen LogP contribution is 2.17. The quantitative estimate of drug-likeness (QED) is 0.0322. The van der Waals surface area contributed by atoms with Crippen LogP contribution in [0.15, 0.2) is 97.2 Å². The lowest BCUT2D eigenvalue weighted by atomic mass is 10.0. The molecule has 3 N–H and O–H groups in total. The van der Waals surface area contributed by atoms with Crippen LogP contribution in [-0.4, -0.2) is 46.9 Å². The summed E-state index contributed by atoms with van der Waals surface area (Å²) < 4.78 is 5.88. The molecular formula is C56H95NO5. The fourth-order valence-electron chi connectivity index (χ4n) is 7.14. The first kappa shape index (κ1) is 58.8. The molecular weight excluding hydrogens is 767 g/mol. The third kappa shape index (κ3) is 43.4. The number of aliphatic hydroxyl groups is 2. The molecule has 0 fully saturated rings. The van der Waals surface area contributed by atoms with Crippen LogP contribution in [-0.2, 0) is 14.3 Å². The second-order valence-electron chi connectivity index (χ2n) is 16.8. The fourth-order valence-corrected chi connectivity index (χ4v) is 7.14. The number of rotatable bonds is 44. The van der Waals surface area contributed by atoms with E-state index in [1.807, 2.05) is 6.08 Å². The van der Waals surface area contributed by atoms with Crippen LogP contribution in [0.2, 0.25) is 0 Å². The van der Waals surface area contributed by atoms with Gasteiger partial charge in [-0.2, -0.15) is 0 Å². The molecule has 62 heavy (non-hydrogen) atoms. The van der Waals surface area contributed by atoms with Gasteiger partial charge in [0, 0.05) is 6.42 Å². The molecule has 0 aromatic heterocycles. The molecule has 6 heteroatoms. The number of hydrogen-bond acceptors (Lipinski definition) is 5. The van der Waals surface area contributed by atoms with Crippen LogP contribution in [0, 0.1) is 0 Å². The maximum absolute atomic E-state index is 13.2. The number of carbonyl (C=O) groups excluding carboxylic acids is 2. The minimum Gasteiger partial charge on any atom is -0.462 e. The second kappa shape index (κ2) is 48.8. The van der Waals surface area contributed by atoms with Gasteiger partial charge in [0.1, 0.15) is 6.10 Å². The summed E-state index contributed by atoms with van der Waals surface area (Å²) in [6, 6.07) is -0.726. The Balaban J connectivity index is 4.70. The molecule has 0 aliphatic carbocycles. The lowest BCUT2D eigenvalue weighted by Crippen LogP contribution is -2.46. The third-order valence-corrected chi connectivity index (χ3v) is 10.9. The van der Waals surface area contributed by atoms with Crippen LogP contribution < -0.4 is 5.32 Å². The zero-order valence-corrected chi connectivity index (χ0v) is 40.2. The Hall–Kier alpha value is -3.22. The first-order valence-electron chi connectivity index (χ1n) is 25.5. The summed E-state index contributed by atoms with van der Waals surface area (Å²) in [6.07, 6.45) is 64.8. The molecule has 0 radical (unpaired) electrons. The van der Waals surface area contributed by atoms with E-state index in [1.54, 1.807) is 0 Å². The summed E-state index contributed by atoms with van der Waals surface area (Å²) >= 11 is 0. The fraction of sp³-hybridized carbons (Fsp3) is 0.679. The van der Waals surface area contributed by atoms with Gasteiger partial charge in [0.15, 0.2) is 0 Å². The van der Waals surface area contributed by atoms with Crippen molar-refractivity contribution in [3.63, 3.8) is 0 Å². The van der Waals surface area contributed by atoms with Crippen molar-refractivity contribution in [3.8, 4) is 0 Å². The number of ether oxygens (including phenoxy) is 1. The maximum atomic E-state index is 13.2. The Labute approximate surface area is 382 Å². The van der Waals surface area contributed by atoms with Crippen LogP contribution in [0.5, 0.6) is 0 Å². The number of carbonyl (C=O) groups is 2. The van der Waals surface area contributed by atoms with Crippen LogP contribution in [0.4, 0.5) is 0 Å². The van der Waals surface area contributed by atoms with Gasteiger partial charge < -0.3 is 20.3 Å². The highest BCUT2D eigenvalue weighted by Gasteiger charge is 2.24. The molecule has 0 aromatic rings. The van der Waals surface area contributed by atoms with Gasteiger partial charge in [0.05, 0.1) is 25.2 Å². The number of esters is 1. The van der Waals surface area contributed by atoms with Gasteiger partial charge in [-0.1, -0.05) is 214 Å². The molecule has 0 aliphatic rings. The van der Waals surface area contributed by atoms with Gasteiger partial charge in [-0.05, 0) is 89.9 Å². The Kier molecular flexibility index (Phi) is 46.3. The molecule has 0 rings (SSSR count). The van der Waals surface area contributed by atoms with Crippen molar-refractivity contribution in [3.05, 3.63) is 97.2 Å². The van der Waals surface area contributed by atoms with Crippen molar-refractivity contribution in [1.82, 2.24) is 5.32 Å². The molecule has 0 saturated heterocycles.